The Hall–Kier alpha value is -1.17. The molecule has 0 fully saturated rings. The molecule has 0 bridgehead atoms. The minimum Gasteiger partial charge on any atom is -0.744 e. The van der Waals surface area contributed by atoms with Gasteiger partial charge in [0.1, 0.15) is 10.1 Å². The predicted octanol–water partition coefficient (Wildman–Crippen LogP) is 3.19. The third kappa shape index (κ3) is 2.34. The van der Waals surface area contributed by atoms with Crippen molar-refractivity contribution in [2.75, 3.05) is 0 Å². The van der Waals surface area contributed by atoms with E-state index in [0.717, 1.165) is 16.0 Å². The highest BCUT2D eigenvalue weighted by atomic mass is 32.2. The number of rotatable bonds is 3. The Balaban J connectivity index is 2.85. The van der Waals surface area contributed by atoms with E-state index in [1.807, 2.05) is 31.4 Å². The first-order valence-corrected chi connectivity index (χ1v) is 7.86. The lowest BCUT2D eigenvalue weighted by molar-refractivity contribution is 0.463. The second kappa shape index (κ2) is 4.84. The van der Waals surface area contributed by atoms with Crippen LogP contribution in [-0.2, 0) is 16.5 Å². The summed E-state index contributed by atoms with van der Waals surface area (Å²) in [5.41, 5.74) is 2.50. The maximum absolute atomic E-state index is 11.4. The first-order chi connectivity index (χ1) is 8.45. The van der Waals surface area contributed by atoms with Gasteiger partial charge in [-0.25, -0.2) is 8.42 Å². The van der Waals surface area contributed by atoms with E-state index < -0.39 is 10.1 Å². The van der Waals surface area contributed by atoms with Crippen LogP contribution in [0.25, 0.3) is 10.4 Å². The SMILES string of the molecule is CCc1c(C)ccc(S(=O)(=O)[O-])c1-c1cccs1. The molecule has 2 rings (SSSR count). The average Bonchev–Trinajstić information content (AvgIpc) is 2.79. The Morgan fingerprint density at radius 1 is 1.28 bits per heavy atom. The Labute approximate surface area is 111 Å². The number of benzene rings is 1. The molecule has 18 heavy (non-hydrogen) atoms. The van der Waals surface area contributed by atoms with Crippen molar-refractivity contribution in [3.8, 4) is 10.4 Å². The lowest BCUT2D eigenvalue weighted by Gasteiger charge is -2.17. The van der Waals surface area contributed by atoms with Crippen LogP contribution in [-0.4, -0.2) is 13.0 Å². The molecule has 0 aliphatic rings. The fourth-order valence-corrected chi connectivity index (χ4v) is 3.68. The second-order valence-electron chi connectivity index (χ2n) is 4.02. The van der Waals surface area contributed by atoms with E-state index in [0.29, 0.717) is 12.0 Å². The summed E-state index contributed by atoms with van der Waals surface area (Å²) in [5.74, 6) is 0. The van der Waals surface area contributed by atoms with Crippen molar-refractivity contribution >= 4 is 21.5 Å². The van der Waals surface area contributed by atoms with Crippen LogP contribution in [0.4, 0.5) is 0 Å². The second-order valence-corrected chi connectivity index (χ2v) is 6.31. The van der Waals surface area contributed by atoms with Gasteiger partial charge in [0, 0.05) is 10.4 Å². The maximum Gasteiger partial charge on any atom is 0.125 e. The Morgan fingerprint density at radius 3 is 2.50 bits per heavy atom. The van der Waals surface area contributed by atoms with Crippen molar-refractivity contribution in [1.82, 2.24) is 0 Å². The van der Waals surface area contributed by atoms with Crippen LogP contribution in [0.15, 0.2) is 34.5 Å². The van der Waals surface area contributed by atoms with Crippen LogP contribution < -0.4 is 0 Å². The molecule has 0 unspecified atom stereocenters. The molecule has 0 aliphatic heterocycles. The number of hydrogen-bond acceptors (Lipinski definition) is 4. The summed E-state index contributed by atoms with van der Waals surface area (Å²) in [5, 5.41) is 1.87. The van der Waals surface area contributed by atoms with E-state index in [9.17, 15) is 13.0 Å². The average molecular weight is 281 g/mol. The van der Waals surface area contributed by atoms with E-state index in [4.69, 9.17) is 0 Å². The zero-order chi connectivity index (χ0) is 13.3. The molecule has 0 atom stereocenters. The highest BCUT2D eigenvalue weighted by Gasteiger charge is 2.16. The summed E-state index contributed by atoms with van der Waals surface area (Å²) < 4.78 is 34.1. The smallest absolute Gasteiger partial charge is 0.125 e. The van der Waals surface area contributed by atoms with Gasteiger partial charge in [0.25, 0.3) is 0 Å². The van der Waals surface area contributed by atoms with Crippen molar-refractivity contribution in [3.63, 3.8) is 0 Å². The third-order valence-corrected chi connectivity index (χ3v) is 4.67. The van der Waals surface area contributed by atoms with Gasteiger partial charge in [-0.1, -0.05) is 19.1 Å². The van der Waals surface area contributed by atoms with Gasteiger partial charge in [-0.15, -0.1) is 11.3 Å². The third-order valence-electron chi connectivity index (χ3n) is 2.90. The molecule has 0 spiro atoms. The van der Waals surface area contributed by atoms with E-state index >= 15 is 0 Å². The van der Waals surface area contributed by atoms with Crippen LogP contribution in [0.1, 0.15) is 18.1 Å². The lowest BCUT2D eigenvalue weighted by atomic mass is 9.98. The summed E-state index contributed by atoms with van der Waals surface area (Å²) in [4.78, 5) is 0.706. The molecule has 0 saturated carbocycles. The molecule has 1 aromatic heterocycles. The molecule has 96 valence electrons. The number of hydrogen-bond donors (Lipinski definition) is 0. The molecule has 0 amide bonds. The van der Waals surface area contributed by atoms with E-state index in [2.05, 4.69) is 0 Å². The standard InChI is InChI=1S/C13H14O3S2/c1-3-10-9(2)6-7-12(18(14,15)16)13(10)11-5-4-8-17-11/h4-8H,3H2,1-2H3,(H,14,15,16)/p-1. The molecule has 1 aromatic carbocycles. The van der Waals surface area contributed by atoms with Crippen molar-refractivity contribution < 1.29 is 13.0 Å². The van der Waals surface area contributed by atoms with Gasteiger partial charge in [-0.3, -0.25) is 0 Å². The lowest BCUT2D eigenvalue weighted by Crippen LogP contribution is -2.04. The van der Waals surface area contributed by atoms with Gasteiger partial charge in [-0.05, 0) is 42.0 Å². The van der Waals surface area contributed by atoms with Gasteiger partial charge in [0.05, 0.1) is 4.90 Å². The summed E-state index contributed by atoms with van der Waals surface area (Å²) in [6, 6.07) is 6.79. The fourth-order valence-electron chi connectivity index (χ4n) is 2.09. The Kier molecular flexibility index (Phi) is 3.56. The molecule has 1 heterocycles. The molecular weight excluding hydrogens is 268 g/mol. The van der Waals surface area contributed by atoms with Gasteiger partial charge >= 0.3 is 0 Å². The highest BCUT2D eigenvalue weighted by molar-refractivity contribution is 7.86. The van der Waals surface area contributed by atoms with E-state index in [-0.39, 0.29) is 4.90 Å². The van der Waals surface area contributed by atoms with Crippen molar-refractivity contribution in [3.05, 3.63) is 40.8 Å². The zero-order valence-electron chi connectivity index (χ0n) is 10.1. The van der Waals surface area contributed by atoms with Crippen LogP contribution in [0.2, 0.25) is 0 Å². The first-order valence-electron chi connectivity index (χ1n) is 5.57. The summed E-state index contributed by atoms with van der Waals surface area (Å²) in [6.07, 6.45) is 0.697. The molecule has 0 saturated heterocycles. The summed E-state index contributed by atoms with van der Waals surface area (Å²) in [7, 11) is -4.45. The monoisotopic (exact) mass is 281 g/mol. The van der Waals surface area contributed by atoms with Crippen molar-refractivity contribution in [1.29, 1.82) is 0 Å². The van der Waals surface area contributed by atoms with Crippen molar-refractivity contribution in [2.45, 2.75) is 25.2 Å². The molecular formula is C13H13O3S2-. The number of aryl methyl sites for hydroxylation is 1. The highest BCUT2D eigenvalue weighted by Crippen LogP contribution is 2.35. The van der Waals surface area contributed by atoms with Gasteiger partial charge in [0.15, 0.2) is 0 Å². The van der Waals surface area contributed by atoms with Crippen LogP contribution >= 0.6 is 11.3 Å². The van der Waals surface area contributed by atoms with E-state index in [1.54, 1.807) is 6.07 Å². The molecule has 5 heteroatoms. The molecule has 0 N–H and O–H groups in total. The van der Waals surface area contributed by atoms with Crippen LogP contribution in [0, 0.1) is 6.92 Å². The Bertz CT molecular complexity index is 656. The van der Waals surface area contributed by atoms with E-state index in [1.165, 1.54) is 17.4 Å². The minimum atomic E-state index is -4.45. The molecule has 0 radical (unpaired) electrons. The molecule has 3 nitrogen and oxygen atoms in total. The summed E-state index contributed by atoms with van der Waals surface area (Å²) >= 11 is 1.44. The maximum atomic E-state index is 11.4. The van der Waals surface area contributed by atoms with Gasteiger partial charge in [0.2, 0.25) is 0 Å². The topological polar surface area (TPSA) is 57.2 Å². The fraction of sp³-hybridized carbons (Fsp3) is 0.231. The number of thiophene rings is 1. The molecule has 0 aliphatic carbocycles. The van der Waals surface area contributed by atoms with Crippen LogP contribution in [0.3, 0.4) is 0 Å². The minimum absolute atomic E-state index is 0.118. The zero-order valence-corrected chi connectivity index (χ0v) is 11.8. The Morgan fingerprint density at radius 2 is 2.00 bits per heavy atom. The first kappa shape index (κ1) is 13.3. The quantitative estimate of drug-likeness (QED) is 0.812. The van der Waals surface area contributed by atoms with Gasteiger partial charge < -0.3 is 4.55 Å². The van der Waals surface area contributed by atoms with Gasteiger partial charge in [-0.2, -0.15) is 0 Å². The normalized spacial score (nSPS) is 11.7. The van der Waals surface area contributed by atoms with Crippen molar-refractivity contribution in [2.24, 2.45) is 0 Å². The predicted molar refractivity (Wildman–Crippen MR) is 71.8 cm³/mol. The largest absolute Gasteiger partial charge is 0.744 e. The molecule has 2 aromatic rings. The van der Waals surface area contributed by atoms with Crippen LogP contribution in [0.5, 0.6) is 0 Å². The summed E-state index contributed by atoms with van der Waals surface area (Å²) in [6.45, 7) is 3.89.